The Morgan fingerprint density at radius 3 is 2.33 bits per heavy atom. The number of piperidine rings is 1. The van der Waals surface area contributed by atoms with Crippen LogP contribution in [-0.2, 0) is 9.47 Å². The first kappa shape index (κ1) is 17.8. The molecule has 1 saturated heterocycles. The monoisotopic (exact) mass is 295 g/mol. The van der Waals surface area contributed by atoms with Gasteiger partial charge in [-0.1, -0.05) is 18.2 Å². The molecule has 120 valence electrons. The standard InChI is InChI=1S/C17H29NO3/c1-7-8-17(20-13-14(2)3)9-11-18(12-10-17)15(19)21-16(4,5)6/h7H,1-2,8-13H2,3-6H3. The van der Waals surface area contributed by atoms with Gasteiger partial charge in [-0.3, -0.25) is 0 Å². The van der Waals surface area contributed by atoms with Crippen molar-refractivity contribution >= 4 is 6.09 Å². The fourth-order valence-electron chi connectivity index (χ4n) is 2.37. The molecular weight excluding hydrogens is 266 g/mol. The van der Waals surface area contributed by atoms with Crippen LogP contribution in [0.15, 0.2) is 24.8 Å². The summed E-state index contributed by atoms with van der Waals surface area (Å²) in [6.45, 7) is 17.2. The van der Waals surface area contributed by atoms with Gasteiger partial charge in [-0.05, 0) is 47.0 Å². The SMILES string of the molecule is C=CCC1(OCC(=C)C)CCN(C(=O)OC(C)(C)C)CC1. The number of likely N-dealkylation sites (tertiary alicyclic amines) is 1. The first-order valence-electron chi connectivity index (χ1n) is 7.55. The van der Waals surface area contributed by atoms with Gasteiger partial charge in [0.2, 0.25) is 0 Å². The van der Waals surface area contributed by atoms with Gasteiger partial charge in [0.1, 0.15) is 5.60 Å². The van der Waals surface area contributed by atoms with E-state index in [0.29, 0.717) is 19.7 Å². The molecule has 0 spiro atoms. The molecule has 0 aliphatic carbocycles. The van der Waals surface area contributed by atoms with E-state index < -0.39 is 5.60 Å². The Kier molecular flexibility index (Phi) is 6.02. The number of ether oxygens (including phenoxy) is 2. The van der Waals surface area contributed by atoms with Gasteiger partial charge in [0, 0.05) is 13.1 Å². The Morgan fingerprint density at radius 1 is 1.33 bits per heavy atom. The van der Waals surface area contributed by atoms with Crippen LogP contribution in [0.25, 0.3) is 0 Å². The zero-order valence-electron chi connectivity index (χ0n) is 13.9. The number of nitrogens with zero attached hydrogens (tertiary/aromatic N) is 1. The summed E-state index contributed by atoms with van der Waals surface area (Å²) in [5.41, 5.74) is 0.329. The number of carbonyl (C=O) groups is 1. The lowest BCUT2D eigenvalue weighted by Gasteiger charge is -2.41. The summed E-state index contributed by atoms with van der Waals surface area (Å²) < 4.78 is 11.5. The first-order valence-corrected chi connectivity index (χ1v) is 7.55. The second kappa shape index (κ2) is 7.12. The molecular formula is C17H29NO3. The van der Waals surface area contributed by atoms with Crippen molar-refractivity contribution in [3.05, 3.63) is 24.8 Å². The van der Waals surface area contributed by atoms with E-state index in [4.69, 9.17) is 9.47 Å². The minimum absolute atomic E-state index is 0.223. The van der Waals surface area contributed by atoms with Crippen molar-refractivity contribution in [2.75, 3.05) is 19.7 Å². The van der Waals surface area contributed by atoms with Crippen molar-refractivity contribution in [1.29, 1.82) is 0 Å². The zero-order valence-corrected chi connectivity index (χ0v) is 13.9. The molecule has 1 heterocycles. The Morgan fingerprint density at radius 2 is 1.90 bits per heavy atom. The average molecular weight is 295 g/mol. The number of hydrogen-bond donors (Lipinski definition) is 0. The molecule has 1 aliphatic rings. The van der Waals surface area contributed by atoms with Crippen LogP contribution >= 0.6 is 0 Å². The normalized spacial score (nSPS) is 18.2. The van der Waals surface area contributed by atoms with E-state index in [0.717, 1.165) is 24.8 Å². The summed E-state index contributed by atoms with van der Waals surface area (Å²) in [4.78, 5) is 13.8. The molecule has 0 aromatic heterocycles. The number of rotatable bonds is 5. The summed E-state index contributed by atoms with van der Waals surface area (Å²) >= 11 is 0. The van der Waals surface area contributed by atoms with Gasteiger partial charge in [-0.25, -0.2) is 4.79 Å². The minimum Gasteiger partial charge on any atom is -0.444 e. The van der Waals surface area contributed by atoms with Crippen LogP contribution in [0.3, 0.4) is 0 Å². The Hall–Kier alpha value is -1.29. The fraction of sp³-hybridized carbons (Fsp3) is 0.706. The van der Waals surface area contributed by atoms with Crippen molar-refractivity contribution in [1.82, 2.24) is 4.90 Å². The molecule has 0 aromatic rings. The summed E-state index contributed by atoms with van der Waals surface area (Å²) in [7, 11) is 0. The molecule has 1 fully saturated rings. The van der Waals surface area contributed by atoms with Crippen LogP contribution in [0.4, 0.5) is 4.79 Å². The molecule has 21 heavy (non-hydrogen) atoms. The van der Waals surface area contributed by atoms with Crippen molar-refractivity contribution in [2.24, 2.45) is 0 Å². The van der Waals surface area contributed by atoms with Crippen molar-refractivity contribution in [3.63, 3.8) is 0 Å². The highest BCUT2D eigenvalue weighted by atomic mass is 16.6. The molecule has 4 heteroatoms. The molecule has 4 nitrogen and oxygen atoms in total. The maximum atomic E-state index is 12.1. The Labute approximate surface area is 128 Å². The quantitative estimate of drug-likeness (QED) is 0.721. The molecule has 0 bridgehead atoms. The lowest BCUT2D eigenvalue weighted by molar-refractivity contribution is -0.0743. The average Bonchev–Trinajstić information content (AvgIpc) is 2.35. The van der Waals surface area contributed by atoms with Gasteiger partial charge >= 0.3 is 6.09 Å². The third-order valence-corrected chi connectivity index (χ3v) is 3.47. The summed E-state index contributed by atoms with van der Waals surface area (Å²) in [6, 6.07) is 0. The highest BCUT2D eigenvalue weighted by Gasteiger charge is 2.37. The van der Waals surface area contributed by atoms with E-state index in [2.05, 4.69) is 13.2 Å². The van der Waals surface area contributed by atoms with E-state index in [-0.39, 0.29) is 11.7 Å². The minimum atomic E-state index is -0.455. The van der Waals surface area contributed by atoms with E-state index in [9.17, 15) is 4.79 Å². The Balaban J connectivity index is 2.59. The third kappa shape index (κ3) is 5.92. The van der Waals surface area contributed by atoms with Crippen LogP contribution < -0.4 is 0 Å². The maximum absolute atomic E-state index is 12.1. The lowest BCUT2D eigenvalue weighted by atomic mass is 9.88. The van der Waals surface area contributed by atoms with Crippen LogP contribution in [0.2, 0.25) is 0 Å². The summed E-state index contributed by atoms with van der Waals surface area (Å²) in [5, 5.41) is 0. The molecule has 0 saturated carbocycles. The lowest BCUT2D eigenvalue weighted by Crippen LogP contribution is -2.49. The van der Waals surface area contributed by atoms with Crippen LogP contribution in [-0.4, -0.2) is 41.9 Å². The van der Waals surface area contributed by atoms with E-state index in [1.165, 1.54) is 0 Å². The molecule has 0 atom stereocenters. The van der Waals surface area contributed by atoms with E-state index >= 15 is 0 Å². The van der Waals surface area contributed by atoms with Crippen LogP contribution in [0.5, 0.6) is 0 Å². The molecule has 1 amide bonds. The van der Waals surface area contributed by atoms with Gasteiger partial charge in [0.15, 0.2) is 0 Å². The molecule has 0 radical (unpaired) electrons. The zero-order chi connectivity index (χ0) is 16.1. The molecule has 1 rings (SSSR count). The van der Waals surface area contributed by atoms with E-state index in [1.807, 2.05) is 33.8 Å². The number of hydrogen-bond acceptors (Lipinski definition) is 3. The number of amides is 1. The summed E-state index contributed by atoms with van der Waals surface area (Å²) in [6.07, 6.45) is 4.04. The maximum Gasteiger partial charge on any atom is 0.410 e. The first-order chi connectivity index (χ1) is 9.67. The van der Waals surface area contributed by atoms with Gasteiger partial charge in [0.05, 0.1) is 12.2 Å². The van der Waals surface area contributed by atoms with Gasteiger partial charge in [-0.2, -0.15) is 0 Å². The number of carbonyl (C=O) groups excluding carboxylic acids is 1. The molecule has 1 aliphatic heterocycles. The fourth-order valence-corrected chi connectivity index (χ4v) is 2.37. The van der Waals surface area contributed by atoms with Gasteiger partial charge < -0.3 is 14.4 Å². The smallest absolute Gasteiger partial charge is 0.410 e. The largest absolute Gasteiger partial charge is 0.444 e. The molecule has 0 unspecified atom stereocenters. The topological polar surface area (TPSA) is 38.8 Å². The second-order valence-electron chi connectivity index (χ2n) is 6.89. The van der Waals surface area contributed by atoms with Crippen molar-refractivity contribution < 1.29 is 14.3 Å². The van der Waals surface area contributed by atoms with Gasteiger partial charge in [0.25, 0.3) is 0 Å². The third-order valence-electron chi connectivity index (χ3n) is 3.47. The summed E-state index contributed by atoms with van der Waals surface area (Å²) in [5.74, 6) is 0. The predicted octanol–water partition coefficient (Wildman–Crippen LogP) is 3.92. The molecule has 0 aromatic carbocycles. The van der Waals surface area contributed by atoms with Crippen LogP contribution in [0, 0.1) is 0 Å². The van der Waals surface area contributed by atoms with Gasteiger partial charge in [-0.15, -0.1) is 6.58 Å². The molecule has 0 N–H and O–H groups in total. The van der Waals surface area contributed by atoms with Crippen molar-refractivity contribution in [2.45, 2.75) is 58.2 Å². The van der Waals surface area contributed by atoms with Crippen molar-refractivity contribution in [3.8, 4) is 0 Å². The van der Waals surface area contributed by atoms with Crippen LogP contribution in [0.1, 0.15) is 47.0 Å². The second-order valence-corrected chi connectivity index (χ2v) is 6.89. The van der Waals surface area contributed by atoms with E-state index in [1.54, 1.807) is 4.90 Å². The predicted molar refractivity (Wildman–Crippen MR) is 85.4 cm³/mol. The highest BCUT2D eigenvalue weighted by Crippen LogP contribution is 2.31. The Bertz CT molecular complexity index is 387. The highest BCUT2D eigenvalue weighted by molar-refractivity contribution is 5.68.